The summed E-state index contributed by atoms with van der Waals surface area (Å²) in [5, 5.41) is 23.1. The van der Waals surface area contributed by atoms with Crippen molar-refractivity contribution in [2.45, 2.75) is 56.9 Å². The van der Waals surface area contributed by atoms with E-state index in [1.165, 1.54) is 19.9 Å². The summed E-state index contributed by atoms with van der Waals surface area (Å²) >= 11 is 0. The van der Waals surface area contributed by atoms with Crippen LogP contribution in [0, 0.1) is 0 Å². The SMILES string of the molecule is CC(C)(O)c1nc(-c2ccc(-c3c(C(F)(F)F)ccc4c3CC[C@H]4Oc3ccc4c(c3)OCC4CC(=O)O)cc2)no1. The van der Waals surface area contributed by atoms with Crippen molar-refractivity contribution in [3.8, 4) is 34.0 Å². The van der Waals surface area contributed by atoms with Gasteiger partial charge in [-0.15, -0.1) is 0 Å². The standard InChI is InChI=1S/C31H27F3N2O6/c1-30(2,39)29-35-28(36-42-29)17-5-3-16(4-6-17)27-22-10-12-24(21(22)9-11-23(27)31(32,33)34)41-19-7-8-20-18(13-26(37)38)15-40-25(20)14-19/h3-9,11,14,18,24,39H,10,12-13,15H2,1-2H3,(H,37,38)/t18?,24-/m1/s1. The summed E-state index contributed by atoms with van der Waals surface area (Å²) in [6.07, 6.45) is -4.19. The lowest BCUT2D eigenvalue weighted by molar-refractivity contribution is -0.138. The fraction of sp³-hybridized carbons (Fsp3) is 0.323. The second kappa shape index (κ2) is 10.2. The number of hydrogen-bond acceptors (Lipinski definition) is 7. The number of aromatic nitrogens is 2. The van der Waals surface area contributed by atoms with Gasteiger partial charge in [-0.25, -0.2) is 0 Å². The lowest BCUT2D eigenvalue weighted by Gasteiger charge is -2.20. The summed E-state index contributed by atoms with van der Waals surface area (Å²) in [5.74, 6) is 0.159. The van der Waals surface area contributed by atoms with Gasteiger partial charge in [-0.1, -0.05) is 41.6 Å². The largest absolute Gasteiger partial charge is 0.492 e. The van der Waals surface area contributed by atoms with E-state index < -0.39 is 29.4 Å². The number of fused-ring (bicyclic) bond motifs is 2. The van der Waals surface area contributed by atoms with Crippen molar-refractivity contribution >= 4 is 5.97 Å². The zero-order valence-electron chi connectivity index (χ0n) is 22.7. The molecule has 0 radical (unpaired) electrons. The van der Waals surface area contributed by atoms with E-state index >= 15 is 0 Å². The van der Waals surface area contributed by atoms with Crippen LogP contribution in [0.3, 0.4) is 0 Å². The van der Waals surface area contributed by atoms with Gasteiger partial charge in [0.15, 0.2) is 0 Å². The Hall–Kier alpha value is -4.38. The van der Waals surface area contributed by atoms with Crippen LogP contribution in [-0.4, -0.2) is 32.9 Å². The second-order valence-corrected chi connectivity index (χ2v) is 11.1. The minimum atomic E-state index is -4.57. The number of hydrogen-bond donors (Lipinski definition) is 2. The van der Waals surface area contributed by atoms with Gasteiger partial charge >= 0.3 is 12.1 Å². The predicted octanol–water partition coefficient (Wildman–Crippen LogP) is 6.67. The van der Waals surface area contributed by atoms with Crippen LogP contribution in [0.1, 0.15) is 66.9 Å². The van der Waals surface area contributed by atoms with Crippen LogP contribution >= 0.6 is 0 Å². The van der Waals surface area contributed by atoms with Gasteiger partial charge in [0.2, 0.25) is 5.82 Å². The molecule has 0 bridgehead atoms. The molecule has 42 heavy (non-hydrogen) atoms. The number of carbonyl (C=O) groups is 1. The minimum Gasteiger partial charge on any atom is -0.492 e. The molecule has 6 rings (SSSR count). The summed E-state index contributed by atoms with van der Waals surface area (Å²) in [5.41, 5.74) is 1.03. The zero-order valence-corrected chi connectivity index (χ0v) is 22.7. The lowest BCUT2D eigenvalue weighted by Crippen LogP contribution is -2.15. The van der Waals surface area contributed by atoms with E-state index in [4.69, 9.17) is 19.1 Å². The van der Waals surface area contributed by atoms with Crippen molar-refractivity contribution in [2.24, 2.45) is 0 Å². The fourth-order valence-electron chi connectivity index (χ4n) is 5.60. The molecule has 4 aromatic rings. The van der Waals surface area contributed by atoms with Crippen LogP contribution in [0.2, 0.25) is 0 Å². The number of alkyl halides is 3. The number of benzene rings is 3. The van der Waals surface area contributed by atoms with E-state index in [1.54, 1.807) is 42.5 Å². The molecule has 0 amide bonds. The summed E-state index contributed by atoms with van der Waals surface area (Å²) < 4.78 is 59.7. The van der Waals surface area contributed by atoms with Crippen LogP contribution < -0.4 is 9.47 Å². The molecule has 2 N–H and O–H groups in total. The number of carboxylic acid groups (broad SMARTS) is 1. The maximum Gasteiger partial charge on any atom is 0.417 e. The predicted molar refractivity (Wildman–Crippen MR) is 144 cm³/mol. The molecular formula is C31H27F3N2O6. The molecule has 1 aliphatic carbocycles. The molecule has 8 nitrogen and oxygen atoms in total. The van der Waals surface area contributed by atoms with E-state index in [0.29, 0.717) is 46.6 Å². The number of halogens is 3. The summed E-state index contributed by atoms with van der Waals surface area (Å²) in [7, 11) is 0. The van der Waals surface area contributed by atoms with Crippen molar-refractivity contribution in [3.05, 3.63) is 82.7 Å². The topological polar surface area (TPSA) is 115 Å². The maximum absolute atomic E-state index is 14.2. The normalized spacial score (nSPS) is 18.0. The van der Waals surface area contributed by atoms with Crippen LogP contribution in [0.25, 0.3) is 22.5 Å². The average Bonchev–Trinajstić information content (AvgIpc) is 3.67. The first-order valence-electron chi connectivity index (χ1n) is 13.4. The highest BCUT2D eigenvalue weighted by molar-refractivity contribution is 5.76. The van der Waals surface area contributed by atoms with Gasteiger partial charge in [-0.3, -0.25) is 4.79 Å². The van der Waals surface area contributed by atoms with Crippen molar-refractivity contribution in [2.75, 3.05) is 6.61 Å². The average molecular weight is 581 g/mol. The monoisotopic (exact) mass is 580 g/mol. The molecule has 2 atom stereocenters. The number of aliphatic hydroxyl groups is 1. The number of ether oxygens (including phenoxy) is 2. The zero-order chi connectivity index (χ0) is 29.8. The van der Waals surface area contributed by atoms with E-state index in [1.807, 2.05) is 0 Å². The Morgan fingerprint density at radius 1 is 1.05 bits per heavy atom. The number of rotatable bonds is 7. The second-order valence-electron chi connectivity index (χ2n) is 11.1. The van der Waals surface area contributed by atoms with E-state index in [2.05, 4.69) is 10.1 Å². The molecule has 2 aliphatic rings. The van der Waals surface area contributed by atoms with Crippen molar-refractivity contribution < 1.29 is 42.2 Å². The third-order valence-corrected chi connectivity index (χ3v) is 7.60. The highest BCUT2D eigenvalue weighted by Crippen LogP contribution is 2.47. The van der Waals surface area contributed by atoms with Crippen LogP contribution in [-0.2, 0) is 23.0 Å². The van der Waals surface area contributed by atoms with Crippen molar-refractivity contribution in [1.82, 2.24) is 10.1 Å². The Morgan fingerprint density at radius 2 is 1.76 bits per heavy atom. The summed E-state index contributed by atoms with van der Waals surface area (Å²) in [6.45, 7) is 3.29. The Kier molecular flexibility index (Phi) is 6.72. The van der Waals surface area contributed by atoms with E-state index in [-0.39, 0.29) is 36.2 Å². The number of carboxylic acids is 1. The minimum absolute atomic E-state index is 0.0304. The molecule has 11 heteroatoms. The molecule has 2 heterocycles. The van der Waals surface area contributed by atoms with E-state index in [0.717, 1.165) is 11.6 Å². The maximum atomic E-state index is 14.2. The first-order valence-corrected chi connectivity index (χ1v) is 13.4. The number of nitrogens with zero attached hydrogens (tertiary/aromatic N) is 2. The molecule has 0 saturated carbocycles. The molecule has 1 aliphatic heterocycles. The van der Waals surface area contributed by atoms with Crippen molar-refractivity contribution in [1.29, 1.82) is 0 Å². The van der Waals surface area contributed by atoms with Gasteiger partial charge < -0.3 is 24.2 Å². The fourth-order valence-corrected chi connectivity index (χ4v) is 5.60. The summed E-state index contributed by atoms with van der Waals surface area (Å²) in [6, 6.07) is 14.3. The third-order valence-electron chi connectivity index (χ3n) is 7.60. The van der Waals surface area contributed by atoms with Gasteiger partial charge in [0, 0.05) is 23.1 Å². The van der Waals surface area contributed by atoms with Gasteiger partial charge in [0.25, 0.3) is 5.89 Å². The highest BCUT2D eigenvalue weighted by atomic mass is 19.4. The van der Waals surface area contributed by atoms with Crippen molar-refractivity contribution in [3.63, 3.8) is 0 Å². The number of aliphatic carboxylic acids is 1. The molecule has 0 spiro atoms. The molecule has 3 aromatic carbocycles. The molecule has 1 aromatic heterocycles. The Labute approximate surface area is 238 Å². The van der Waals surface area contributed by atoms with Gasteiger partial charge in [0.1, 0.15) is 23.2 Å². The van der Waals surface area contributed by atoms with Gasteiger partial charge in [-0.05, 0) is 61.1 Å². The molecule has 218 valence electrons. The first kappa shape index (κ1) is 27.8. The molecular weight excluding hydrogens is 553 g/mol. The Balaban J connectivity index is 1.30. The molecule has 0 fully saturated rings. The lowest BCUT2D eigenvalue weighted by atomic mass is 9.91. The first-order chi connectivity index (χ1) is 19.9. The van der Waals surface area contributed by atoms with Crippen LogP contribution in [0.15, 0.2) is 59.1 Å². The summed E-state index contributed by atoms with van der Waals surface area (Å²) in [4.78, 5) is 15.3. The van der Waals surface area contributed by atoms with Gasteiger partial charge in [0.05, 0.1) is 18.6 Å². The Morgan fingerprint density at radius 3 is 2.43 bits per heavy atom. The van der Waals surface area contributed by atoms with Gasteiger partial charge in [-0.2, -0.15) is 18.2 Å². The third kappa shape index (κ3) is 5.20. The van der Waals surface area contributed by atoms with Crippen LogP contribution in [0.4, 0.5) is 13.2 Å². The molecule has 1 unspecified atom stereocenters. The Bertz CT molecular complexity index is 1660. The van der Waals surface area contributed by atoms with E-state index in [9.17, 15) is 23.1 Å². The van der Waals surface area contributed by atoms with Crippen LogP contribution in [0.5, 0.6) is 11.5 Å². The molecule has 0 saturated heterocycles. The highest BCUT2D eigenvalue weighted by Gasteiger charge is 2.38. The quantitative estimate of drug-likeness (QED) is 0.249. The smallest absolute Gasteiger partial charge is 0.417 e.